The molecule has 1 fully saturated rings. The molecule has 0 bridgehead atoms. The molecular formula is C26H29NO3. The zero-order valence-corrected chi connectivity index (χ0v) is 18.4. The van der Waals surface area contributed by atoms with Crippen molar-refractivity contribution in [2.24, 2.45) is 0 Å². The third-order valence-electron chi connectivity index (χ3n) is 4.79. The highest BCUT2D eigenvalue weighted by atomic mass is 16.6. The van der Waals surface area contributed by atoms with E-state index < -0.39 is 11.7 Å². The second-order valence-electron chi connectivity index (χ2n) is 8.83. The largest absolute Gasteiger partial charge is 0.444 e. The molecule has 0 spiro atoms. The SMILES string of the molecule is Cc1ccc(/C=C2\CN(C(=O)OC(C)(C)C)C/C(=C\c3ccc(C)cc3)C2=O)cc1. The maximum absolute atomic E-state index is 13.2. The second-order valence-corrected chi connectivity index (χ2v) is 8.83. The minimum absolute atomic E-state index is 0.0315. The van der Waals surface area contributed by atoms with Crippen LogP contribution in [-0.2, 0) is 9.53 Å². The van der Waals surface area contributed by atoms with Crippen LogP contribution in [0.15, 0.2) is 59.7 Å². The van der Waals surface area contributed by atoms with E-state index in [4.69, 9.17) is 4.74 Å². The number of ketones is 1. The first-order valence-corrected chi connectivity index (χ1v) is 10.2. The quantitative estimate of drug-likeness (QED) is 0.614. The Hall–Kier alpha value is -3.14. The lowest BCUT2D eigenvalue weighted by atomic mass is 9.94. The fourth-order valence-corrected chi connectivity index (χ4v) is 3.22. The first-order chi connectivity index (χ1) is 14.1. The fourth-order valence-electron chi connectivity index (χ4n) is 3.22. The number of nitrogens with zero attached hydrogens (tertiary/aromatic N) is 1. The Morgan fingerprint density at radius 1 is 0.833 bits per heavy atom. The molecule has 0 radical (unpaired) electrons. The minimum Gasteiger partial charge on any atom is -0.444 e. The lowest BCUT2D eigenvalue weighted by Gasteiger charge is -2.32. The number of amides is 1. The molecule has 0 aliphatic carbocycles. The summed E-state index contributed by atoms with van der Waals surface area (Å²) < 4.78 is 5.56. The lowest BCUT2D eigenvalue weighted by molar-refractivity contribution is -0.113. The Kier molecular flexibility index (Phi) is 6.25. The number of likely N-dealkylation sites (tertiary alicyclic amines) is 1. The van der Waals surface area contributed by atoms with Crippen LogP contribution in [0, 0.1) is 13.8 Å². The van der Waals surface area contributed by atoms with Crippen molar-refractivity contribution >= 4 is 24.0 Å². The van der Waals surface area contributed by atoms with E-state index in [1.54, 1.807) is 4.90 Å². The molecule has 2 aromatic rings. The highest BCUT2D eigenvalue weighted by Gasteiger charge is 2.31. The number of rotatable bonds is 2. The number of piperidine rings is 1. The number of ether oxygens (including phenoxy) is 1. The molecule has 0 saturated carbocycles. The molecule has 2 aromatic carbocycles. The summed E-state index contributed by atoms with van der Waals surface area (Å²) >= 11 is 0. The van der Waals surface area contributed by atoms with Crippen molar-refractivity contribution in [3.05, 3.63) is 81.9 Å². The third-order valence-corrected chi connectivity index (χ3v) is 4.79. The van der Waals surface area contributed by atoms with Gasteiger partial charge in [-0.05, 0) is 57.9 Å². The molecule has 1 amide bonds. The van der Waals surface area contributed by atoms with E-state index in [9.17, 15) is 9.59 Å². The molecule has 1 aliphatic heterocycles. The topological polar surface area (TPSA) is 46.6 Å². The van der Waals surface area contributed by atoms with Crippen LogP contribution in [0.25, 0.3) is 12.2 Å². The predicted molar refractivity (Wildman–Crippen MR) is 121 cm³/mol. The molecule has 3 rings (SSSR count). The third kappa shape index (κ3) is 5.69. The van der Waals surface area contributed by atoms with Gasteiger partial charge in [-0.3, -0.25) is 9.69 Å². The molecule has 1 aliphatic rings. The van der Waals surface area contributed by atoms with Crippen molar-refractivity contribution in [3.8, 4) is 0 Å². The van der Waals surface area contributed by atoms with Crippen molar-refractivity contribution in [1.29, 1.82) is 0 Å². The Morgan fingerprint density at radius 3 is 1.60 bits per heavy atom. The minimum atomic E-state index is -0.597. The van der Waals surface area contributed by atoms with Crippen LogP contribution in [0.5, 0.6) is 0 Å². The van der Waals surface area contributed by atoms with E-state index in [-0.39, 0.29) is 18.9 Å². The van der Waals surface area contributed by atoms with Gasteiger partial charge in [0.15, 0.2) is 5.78 Å². The van der Waals surface area contributed by atoms with E-state index in [2.05, 4.69) is 0 Å². The van der Waals surface area contributed by atoms with Gasteiger partial charge in [-0.25, -0.2) is 4.79 Å². The van der Waals surface area contributed by atoms with Crippen LogP contribution in [0.2, 0.25) is 0 Å². The summed E-state index contributed by atoms with van der Waals surface area (Å²) in [5.74, 6) is -0.0315. The molecule has 0 aromatic heterocycles. The Morgan fingerprint density at radius 2 is 1.23 bits per heavy atom. The van der Waals surface area contributed by atoms with Crippen molar-refractivity contribution in [3.63, 3.8) is 0 Å². The van der Waals surface area contributed by atoms with E-state index in [0.717, 1.165) is 22.3 Å². The van der Waals surface area contributed by atoms with Crippen LogP contribution in [0.1, 0.15) is 43.0 Å². The number of aryl methyl sites for hydroxylation is 2. The van der Waals surface area contributed by atoms with E-state index in [1.165, 1.54) is 0 Å². The Bertz CT molecular complexity index is 923. The van der Waals surface area contributed by atoms with E-state index in [1.807, 2.05) is 95.3 Å². The first-order valence-electron chi connectivity index (χ1n) is 10.2. The summed E-state index contributed by atoms with van der Waals surface area (Å²) in [7, 11) is 0. The van der Waals surface area contributed by atoms with Gasteiger partial charge < -0.3 is 4.74 Å². The fraction of sp³-hybridized carbons (Fsp3) is 0.308. The number of carbonyl (C=O) groups excluding carboxylic acids is 2. The lowest BCUT2D eigenvalue weighted by Crippen LogP contribution is -2.44. The molecule has 0 unspecified atom stereocenters. The highest BCUT2D eigenvalue weighted by Crippen LogP contribution is 2.24. The van der Waals surface area contributed by atoms with Gasteiger partial charge in [-0.1, -0.05) is 59.7 Å². The highest BCUT2D eigenvalue weighted by molar-refractivity contribution is 6.15. The van der Waals surface area contributed by atoms with Crippen LogP contribution in [0.3, 0.4) is 0 Å². The smallest absolute Gasteiger partial charge is 0.410 e. The monoisotopic (exact) mass is 403 g/mol. The Balaban J connectivity index is 1.97. The van der Waals surface area contributed by atoms with Crippen LogP contribution in [-0.4, -0.2) is 35.5 Å². The van der Waals surface area contributed by atoms with Gasteiger partial charge >= 0.3 is 6.09 Å². The summed E-state index contributed by atoms with van der Waals surface area (Å²) in [6.07, 6.45) is 3.31. The van der Waals surface area contributed by atoms with E-state index >= 15 is 0 Å². The summed E-state index contributed by atoms with van der Waals surface area (Å²) in [5.41, 5.74) is 4.74. The summed E-state index contributed by atoms with van der Waals surface area (Å²) in [5, 5.41) is 0. The molecule has 0 N–H and O–H groups in total. The molecule has 4 nitrogen and oxygen atoms in total. The molecule has 1 saturated heterocycles. The van der Waals surface area contributed by atoms with Gasteiger partial charge in [0.25, 0.3) is 0 Å². The van der Waals surface area contributed by atoms with Gasteiger partial charge in [0, 0.05) is 11.1 Å². The summed E-state index contributed by atoms with van der Waals surface area (Å²) in [6, 6.07) is 15.9. The maximum atomic E-state index is 13.2. The molecule has 0 atom stereocenters. The summed E-state index contributed by atoms with van der Waals surface area (Å²) in [4.78, 5) is 27.5. The van der Waals surface area contributed by atoms with Gasteiger partial charge in [-0.15, -0.1) is 0 Å². The van der Waals surface area contributed by atoms with Gasteiger partial charge in [0.05, 0.1) is 13.1 Å². The molecule has 1 heterocycles. The molecule has 30 heavy (non-hydrogen) atoms. The van der Waals surface area contributed by atoms with E-state index in [0.29, 0.717) is 11.1 Å². The van der Waals surface area contributed by atoms with Gasteiger partial charge in [-0.2, -0.15) is 0 Å². The van der Waals surface area contributed by atoms with Crippen LogP contribution >= 0.6 is 0 Å². The summed E-state index contributed by atoms with van der Waals surface area (Å²) in [6.45, 7) is 10.0. The zero-order valence-electron chi connectivity index (χ0n) is 18.4. The van der Waals surface area contributed by atoms with Crippen LogP contribution < -0.4 is 0 Å². The predicted octanol–water partition coefficient (Wildman–Crippen LogP) is 5.59. The standard InChI is InChI=1S/C26H29NO3/c1-18-6-10-20(11-7-18)14-22-16-27(25(29)30-26(3,4)5)17-23(24(22)28)15-21-12-8-19(2)9-13-21/h6-15H,16-17H2,1-5H3/b22-14+,23-15+. The van der Waals surface area contributed by atoms with Gasteiger partial charge in [0.1, 0.15) is 5.60 Å². The van der Waals surface area contributed by atoms with Crippen molar-refractivity contribution in [1.82, 2.24) is 4.90 Å². The normalized spacial score (nSPS) is 17.5. The number of hydrogen-bond acceptors (Lipinski definition) is 3. The average molecular weight is 404 g/mol. The van der Waals surface area contributed by atoms with Crippen LogP contribution in [0.4, 0.5) is 4.79 Å². The molecule has 156 valence electrons. The second kappa shape index (κ2) is 8.70. The average Bonchev–Trinajstić information content (AvgIpc) is 2.67. The van der Waals surface area contributed by atoms with Crippen molar-refractivity contribution < 1.29 is 14.3 Å². The first kappa shape index (κ1) is 21.6. The Labute approximate surface area is 178 Å². The molecular weight excluding hydrogens is 374 g/mol. The number of Topliss-reactive ketones (excluding diaryl/α,β-unsaturated/α-hetero) is 1. The van der Waals surface area contributed by atoms with Gasteiger partial charge in [0.2, 0.25) is 0 Å². The number of hydrogen-bond donors (Lipinski definition) is 0. The van der Waals surface area contributed by atoms with Crippen molar-refractivity contribution in [2.75, 3.05) is 13.1 Å². The van der Waals surface area contributed by atoms with Crippen molar-refractivity contribution in [2.45, 2.75) is 40.2 Å². The zero-order chi connectivity index (χ0) is 21.9. The number of benzene rings is 2. The maximum Gasteiger partial charge on any atom is 0.410 e. The number of carbonyl (C=O) groups is 2. The molecule has 4 heteroatoms.